The van der Waals surface area contributed by atoms with Gasteiger partial charge in [-0.1, -0.05) is 27.7 Å². The zero-order valence-electron chi connectivity index (χ0n) is 13.9. The van der Waals surface area contributed by atoms with Crippen LogP contribution in [0.1, 0.15) is 47.5 Å². The Labute approximate surface area is 131 Å². The molecule has 128 valence electrons. The number of amides is 1. The lowest BCUT2D eigenvalue weighted by atomic mass is 9.97. The third-order valence-electron chi connectivity index (χ3n) is 3.15. The summed E-state index contributed by atoms with van der Waals surface area (Å²) in [4.78, 5) is 35.1. The number of rotatable bonds is 10. The van der Waals surface area contributed by atoms with Crippen molar-refractivity contribution in [3.8, 4) is 0 Å². The largest absolute Gasteiger partial charge is 0.481 e. The van der Waals surface area contributed by atoms with Gasteiger partial charge < -0.3 is 20.8 Å². The fourth-order valence-corrected chi connectivity index (χ4v) is 2.01. The summed E-state index contributed by atoms with van der Waals surface area (Å²) in [7, 11) is 0. The predicted octanol–water partition coefficient (Wildman–Crippen LogP) is 0.309. The molecule has 7 heteroatoms. The summed E-state index contributed by atoms with van der Waals surface area (Å²) in [6.07, 6.45) is -1.11. The van der Waals surface area contributed by atoms with Crippen molar-refractivity contribution in [2.45, 2.75) is 71.7 Å². The van der Waals surface area contributed by atoms with Crippen molar-refractivity contribution in [1.29, 1.82) is 0 Å². The van der Waals surface area contributed by atoms with Crippen LogP contribution in [0.2, 0.25) is 0 Å². The molecule has 1 amide bonds. The van der Waals surface area contributed by atoms with Crippen LogP contribution in [-0.2, 0) is 14.4 Å². The monoisotopic (exact) mass is 316 g/mol. The molecule has 0 unspecified atom stereocenters. The molecule has 0 aliphatic heterocycles. The number of carboxylic acid groups (broad SMARTS) is 1. The van der Waals surface area contributed by atoms with Gasteiger partial charge in [0.2, 0.25) is 5.91 Å². The van der Waals surface area contributed by atoms with Crippen LogP contribution in [0, 0.1) is 5.92 Å². The molecule has 3 atom stereocenters. The van der Waals surface area contributed by atoms with Crippen molar-refractivity contribution >= 4 is 17.7 Å². The quantitative estimate of drug-likeness (QED) is 0.461. The molecule has 0 aliphatic carbocycles. The van der Waals surface area contributed by atoms with Gasteiger partial charge in [0.15, 0.2) is 5.78 Å². The number of carbonyl (C=O) groups excluding carboxylic acids is 2. The van der Waals surface area contributed by atoms with Crippen LogP contribution >= 0.6 is 0 Å². The first-order valence-electron chi connectivity index (χ1n) is 7.56. The minimum atomic E-state index is -1.02. The second-order valence-corrected chi connectivity index (χ2v) is 6.09. The predicted molar refractivity (Wildman–Crippen MR) is 82.4 cm³/mol. The average molecular weight is 316 g/mol. The molecular formula is C15H28N2O5. The van der Waals surface area contributed by atoms with E-state index in [4.69, 9.17) is 5.11 Å². The number of nitrogens with one attached hydrogen (secondary N) is 2. The highest BCUT2D eigenvalue weighted by atomic mass is 16.4. The molecule has 0 radical (unpaired) electrons. The molecule has 0 aliphatic rings. The van der Waals surface area contributed by atoms with Crippen LogP contribution in [0.25, 0.3) is 0 Å². The lowest BCUT2D eigenvalue weighted by Crippen LogP contribution is -2.56. The summed E-state index contributed by atoms with van der Waals surface area (Å²) in [6, 6.07) is -1.74. The maximum absolute atomic E-state index is 12.3. The van der Waals surface area contributed by atoms with E-state index in [2.05, 4.69) is 10.6 Å². The number of Topliss-reactive ketones (excluding diaryl/α,β-unsaturated/α-hetero) is 1. The Bertz CT molecular complexity index is 393. The zero-order valence-corrected chi connectivity index (χ0v) is 13.9. The van der Waals surface area contributed by atoms with Gasteiger partial charge in [-0.25, -0.2) is 0 Å². The minimum Gasteiger partial charge on any atom is -0.481 e. The first-order chi connectivity index (χ1) is 10.1. The first-order valence-corrected chi connectivity index (χ1v) is 7.56. The van der Waals surface area contributed by atoms with Crippen LogP contribution < -0.4 is 10.6 Å². The summed E-state index contributed by atoms with van der Waals surface area (Å²) in [5.74, 6) is -2.07. The van der Waals surface area contributed by atoms with Crippen molar-refractivity contribution < 1.29 is 24.6 Å². The van der Waals surface area contributed by atoms with Crippen molar-refractivity contribution in [1.82, 2.24) is 10.6 Å². The van der Waals surface area contributed by atoms with E-state index < -0.39 is 30.1 Å². The zero-order chi connectivity index (χ0) is 17.4. The minimum absolute atomic E-state index is 0.0244. The standard InChI is InChI=1S/C15H28N2O5/c1-8(2)14(21)11(6-7-12(19)20)17-15(22)13(10(5)18)16-9(3)4/h8-11,13,16,18H,6-7H2,1-5H3,(H,17,22)(H,19,20)/t10-,11+,13+/m1/s1. The maximum atomic E-state index is 12.3. The van der Waals surface area contributed by atoms with Crippen molar-refractivity contribution in [2.24, 2.45) is 5.92 Å². The first kappa shape index (κ1) is 20.5. The van der Waals surface area contributed by atoms with Crippen LogP contribution in [-0.4, -0.2) is 52.1 Å². The Morgan fingerprint density at radius 3 is 1.95 bits per heavy atom. The van der Waals surface area contributed by atoms with Gasteiger partial charge in [-0.15, -0.1) is 0 Å². The molecule has 0 heterocycles. The second kappa shape index (κ2) is 9.53. The third-order valence-corrected chi connectivity index (χ3v) is 3.15. The molecule has 0 saturated heterocycles. The van der Waals surface area contributed by atoms with Gasteiger partial charge in [-0.2, -0.15) is 0 Å². The average Bonchev–Trinajstić information content (AvgIpc) is 2.38. The lowest BCUT2D eigenvalue weighted by molar-refractivity contribution is -0.138. The van der Waals surface area contributed by atoms with E-state index in [1.807, 2.05) is 13.8 Å². The van der Waals surface area contributed by atoms with Gasteiger partial charge in [-0.3, -0.25) is 14.4 Å². The molecule has 0 rings (SSSR count). The number of carbonyl (C=O) groups is 3. The van der Waals surface area contributed by atoms with Gasteiger partial charge in [0.1, 0.15) is 6.04 Å². The molecule has 4 N–H and O–H groups in total. The molecular weight excluding hydrogens is 288 g/mol. The lowest BCUT2D eigenvalue weighted by Gasteiger charge is -2.26. The summed E-state index contributed by atoms with van der Waals surface area (Å²) in [5.41, 5.74) is 0. The van der Waals surface area contributed by atoms with Gasteiger partial charge in [0.05, 0.1) is 12.1 Å². The number of ketones is 1. The van der Waals surface area contributed by atoms with Gasteiger partial charge in [0.25, 0.3) is 0 Å². The van der Waals surface area contributed by atoms with Crippen molar-refractivity contribution in [3.63, 3.8) is 0 Å². The van der Waals surface area contributed by atoms with Crippen molar-refractivity contribution in [3.05, 3.63) is 0 Å². The van der Waals surface area contributed by atoms with E-state index in [1.54, 1.807) is 13.8 Å². The topological polar surface area (TPSA) is 116 Å². The molecule has 0 saturated carbocycles. The number of aliphatic hydroxyl groups excluding tert-OH is 1. The molecule has 0 aromatic rings. The fraction of sp³-hybridized carbons (Fsp3) is 0.800. The van der Waals surface area contributed by atoms with E-state index in [0.29, 0.717) is 0 Å². The Morgan fingerprint density at radius 1 is 1.05 bits per heavy atom. The number of aliphatic hydroxyl groups is 1. The van der Waals surface area contributed by atoms with E-state index in [-0.39, 0.29) is 30.6 Å². The van der Waals surface area contributed by atoms with E-state index in [9.17, 15) is 19.5 Å². The van der Waals surface area contributed by atoms with Crippen LogP contribution in [0.3, 0.4) is 0 Å². The van der Waals surface area contributed by atoms with Crippen LogP contribution in [0.5, 0.6) is 0 Å². The Hall–Kier alpha value is -1.47. The number of hydrogen-bond acceptors (Lipinski definition) is 5. The maximum Gasteiger partial charge on any atom is 0.303 e. The van der Waals surface area contributed by atoms with E-state index in [1.165, 1.54) is 6.92 Å². The fourth-order valence-electron chi connectivity index (χ4n) is 2.01. The molecule has 7 nitrogen and oxygen atoms in total. The molecule has 0 fully saturated rings. The molecule has 0 aromatic heterocycles. The summed E-state index contributed by atoms with van der Waals surface area (Å²) >= 11 is 0. The highest BCUT2D eigenvalue weighted by molar-refractivity contribution is 5.92. The molecule has 0 bridgehead atoms. The summed E-state index contributed by atoms with van der Waals surface area (Å²) in [5, 5.41) is 24.0. The summed E-state index contributed by atoms with van der Waals surface area (Å²) < 4.78 is 0. The Balaban J connectivity index is 4.97. The van der Waals surface area contributed by atoms with Crippen LogP contribution in [0.4, 0.5) is 0 Å². The molecule has 22 heavy (non-hydrogen) atoms. The smallest absolute Gasteiger partial charge is 0.303 e. The highest BCUT2D eigenvalue weighted by Gasteiger charge is 2.29. The Morgan fingerprint density at radius 2 is 1.59 bits per heavy atom. The van der Waals surface area contributed by atoms with Gasteiger partial charge >= 0.3 is 5.97 Å². The summed E-state index contributed by atoms with van der Waals surface area (Å²) in [6.45, 7) is 8.55. The number of carboxylic acids is 1. The van der Waals surface area contributed by atoms with Gasteiger partial charge in [-0.05, 0) is 13.3 Å². The van der Waals surface area contributed by atoms with Crippen LogP contribution in [0.15, 0.2) is 0 Å². The van der Waals surface area contributed by atoms with E-state index >= 15 is 0 Å². The second-order valence-electron chi connectivity index (χ2n) is 6.09. The number of hydrogen-bond donors (Lipinski definition) is 4. The number of aliphatic carboxylic acids is 1. The highest BCUT2D eigenvalue weighted by Crippen LogP contribution is 2.08. The molecule has 0 aromatic carbocycles. The third kappa shape index (κ3) is 7.51. The SMILES string of the molecule is CC(C)N[C@H](C(=O)N[C@@H](CCC(=O)O)C(=O)C(C)C)[C@@H](C)O. The van der Waals surface area contributed by atoms with E-state index in [0.717, 1.165) is 0 Å². The molecule has 0 spiro atoms. The van der Waals surface area contributed by atoms with Crippen molar-refractivity contribution in [2.75, 3.05) is 0 Å². The Kier molecular flexibility index (Phi) is 8.89. The van der Waals surface area contributed by atoms with Gasteiger partial charge in [0, 0.05) is 18.4 Å². The normalized spacial score (nSPS) is 15.5.